The van der Waals surface area contributed by atoms with Crippen molar-refractivity contribution in [3.63, 3.8) is 0 Å². The minimum atomic E-state index is 0.696. The number of likely N-dealkylation sites (N-methyl/N-ethyl adjacent to an activating group) is 1. The molecule has 176 valence electrons. The molecule has 2 aromatic rings. The van der Waals surface area contributed by atoms with Gasteiger partial charge >= 0.3 is 0 Å². The van der Waals surface area contributed by atoms with Crippen molar-refractivity contribution < 1.29 is 4.48 Å². The van der Waals surface area contributed by atoms with Crippen LogP contribution in [0.3, 0.4) is 0 Å². The van der Waals surface area contributed by atoms with E-state index in [0.29, 0.717) is 4.48 Å². The summed E-state index contributed by atoms with van der Waals surface area (Å²) < 4.78 is 0.696. The van der Waals surface area contributed by atoms with E-state index >= 15 is 0 Å². The van der Waals surface area contributed by atoms with Gasteiger partial charge in [0.15, 0.2) is 11.8 Å². The molecule has 0 aliphatic carbocycles. The van der Waals surface area contributed by atoms with E-state index in [9.17, 15) is 0 Å². The van der Waals surface area contributed by atoms with Crippen LogP contribution in [0.1, 0.15) is 76.7 Å². The highest BCUT2D eigenvalue weighted by molar-refractivity contribution is 6.38. The lowest BCUT2D eigenvalue weighted by atomic mass is 10.0. The Kier molecular flexibility index (Phi) is 10.2. The first-order chi connectivity index (χ1) is 15.5. The van der Waals surface area contributed by atoms with Crippen molar-refractivity contribution in [3.05, 3.63) is 58.3 Å². The SMILES string of the molecule is CCCCCCCCCCCCN1C[N+](C)(CCc2cccc3ccccc23)C(Cl)=C1Cl. The average Bonchev–Trinajstić information content (AvgIpc) is 3.03. The van der Waals surface area contributed by atoms with Crippen LogP contribution in [0, 0.1) is 0 Å². The van der Waals surface area contributed by atoms with Gasteiger partial charge in [-0.05, 0) is 34.4 Å². The van der Waals surface area contributed by atoms with Gasteiger partial charge in [-0.2, -0.15) is 0 Å². The maximum atomic E-state index is 6.76. The number of benzene rings is 2. The van der Waals surface area contributed by atoms with Gasteiger partial charge in [-0.25, -0.2) is 0 Å². The van der Waals surface area contributed by atoms with E-state index in [4.69, 9.17) is 23.2 Å². The van der Waals surface area contributed by atoms with Crippen LogP contribution in [0.25, 0.3) is 10.8 Å². The Morgan fingerprint density at radius 2 is 1.44 bits per heavy atom. The molecule has 0 aromatic heterocycles. The second-order valence-corrected chi connectivity index (χ2v) is 10.4. The zero-order valence-electron chi connectivity index (χ0n) is 20.1. The van der Waals surface area contributed by atoms with Crippen LogP contribution in [-0.2, 0) is 6.42 Å². The Hall–Kier alpha value is -1.22. The summed E-state index contributed by atoms with van der Waals surface area (Å²) in [5.41, 5.74) is 1.39. The van der Waals surface area contributed by atoms with Gasteiger partial charge in [0.25, 0.3) is 0 Å². The highest BCUT2D eigenvalue weighted by Crippen LogP contribution is 2.35. The first kappa shape index (κ1) is 25.4. The van der Waals surface area contributed by atoms with Crippen molar-refractivity contribution in [1.82, 2.24) is 4.90 Å². The van der Waals surface area contributed by atoms with Gasteiger partial charge in [0.05, 0.1) is 13.6 Å². The van der Waals surface area contributed by atoms with Gasteiger partial charge < -0.3 is 4.90 Å². The first-order valence-electron chi connectivity index (χ1n) is 12.7. The zero-order valence-corrected chi connectivity index (χ0v) is 21.6. The number of rotatable bonds is 14. The monoisotopic (exact) mass is 475 g/mol. The van der Waals surface area contributed by atoms with Crippen LogP contribution >= 0.6 is 23.2 Å². The average molecular weight is 477 g/mol. The number of halogens is 2. The molecular weight excluding hydrogens is 435 g/mol. The molecule has 1 aliphatic heterocycles. The lowest BCUT2D eigenvalue weighted by Gasteiger charge is -2.30. The Balaban J connectivity index is 1.41. The fourth-order valence-electron chi connectivity index (χ4n) is 4.86. The number of unbranched alkanes of at least 4 members (excludes halogenated alkanes) is 9. The minimum Gasteiger partial charge on any atom is -0.309 e. The Morgan fingerprint density at radius 3 is 2.16 bits per heavy atom. The number of hydrogen-bond acceptors (Lipinski definition) is 1. The topological polar surface area (TPSA) is 3.24 Å². The molecule has 0 spiro atoms. The quantitative estimate of drug-likeness (QED) is 0.150. The molecule has 0 amide bonds. The summed E-state index contributed by atoms with van der Waals surface area (Å²) in [5.74, 6) is 0. The minimum absolute atomic E-state index is 0.696. The summed E-state index contributed by atoms with van der Waals surface area (Å²) in [4.78, 5) is 2.29. The van der Waals surface area contributed by atoms with Crippen molar-refractivity contribution in [2.24, 2.45) is 0 Å². The summed E-state index contributed by atoms with van der Waals surface area (Å²) in [6, 6.07) is 15.2. The van der Waals surface area contributed by atoms with Crippen LogP contribution in [0.5, 0.6) is 0 Å². The smallest absolute Gasteiger partial charge is 0.238 e. The number of quaternary nitrogens is 1. The first-order valence-corrected chi connectivity index (χ1v) is 13.4. The molecule has 0 bridgehead atoms. The summed E-state index contributed by atoms with van der Waals surface area (Å²) in [6.07, 6.45) is 14.5. The van der Waals surface area contributed by atoms with Gasteiger partial charge in [-0.15, -0.1) is 0 Å². The van der Waals surface area contributed by atoms with Gasteiger partial charge in [0.2, 0.25) is 5.16 Å². The highest BCUT2D eigenvalue weighted by atomic mass is 35.5. The maximum Gasteiger partial charge on any atom is 0.238 e. The van der Waals surface area contributed by atoms with E-state index in [0.717, 1.165) is 36.5 Å². The predicted molar refractivity (Wildman–Crippen MR) is 141 cm³/mol. The fourth-order valence-corrected chi connectivity index (χ4v) is 5.46. The van der Waals surface area contributed by atoms with E-state index in [1.165, 1.54) is 80.5 Å². The van der Waals surface area contributed by atoms with Crippen LogP contribution in [0.15, 0.2) is 52.8 Å². The van der Waals surface area contributed by atoms with Gasteiger partial charge in [-0.1, -0.05) is 119 Å². The summed E-state index contributed by atoms with van der Waals surface area (Å²) in [7, 11) is 2.22. The lowest BCUT2D eigenvalue weighted by molar-refractivity contribution is -0.867. The third-order valence-corrected chi connectivity index (χ3v) is 8.04. The molecule has 0 fully saturated rings. The van der Waals surface area contributed by atoms with E-state index in [-0.39, 0.29) is 0 Å². The summed E-state index contributed by atoms with van der Waals surface area (Å²) in [6.45, 7) is 5.12. The van der Waals surface area contributed by atoms with Crippen molar-refractivity contribution in [1.29, 1.82) is 0 Å². The van der Waals surface area contributed by atoms with Crippen LogP contribution < -0.4 is 0 Å². The fraction of sp³-hybridized carbons (Fsp3) is 0.571. The molecule has 0 N–H and O–H groups in total. The molecule has 4 heteroatoms. The van der Waals surface area contributed by atoms with Gasteiger partial charge in [-0.3, -0.25) is 4.48 Å². The van der Waals surface area contributed by atoms with Crippen LogP contribution in [0.4, 0.5) is 0 Å². The molecule has 2 aromatic carbocycles. The molecule has 0 saturated heterocycles. The molecule has 1 heterocycles. The molecule has 2 nitrogen and oxygen atoms in total. The number of nitrogens with zero attached hydrogens (tertiary/aromatic N) is 2. The molecule has 1 unspecified atom stereocenters. The predicted octanol–water partition coefficient (Wildman–Crippen LogP) is 8.63. The number of hydrogen-bond donors (Lipinski definition) is 0. The van der Waals surface area contributed by atoms with E-state index in [2.05, 4.69) is 61.3 Å². The second-order valence-electron chi connectivity index (χ2n) is 9.68. The normalized spacial score (nSPS) is 18.8. The Labute approximate surface area is 205 Å². The zero-order chi connectivity index (χ0) is 22.8. The maximum absolute atomic E-state index is 6.76. The molecule has 1 aliphatic rings. The van der Waals surface area contributed by atoms with Crippen LogP contribution in [0.2, 0.25) is 0 Å². The lowest BCUT2D eigenvalue weighted by Crippen LogP contribution is -2.44. The molecule has 0 saturated carbocycles. The third-order valence-electron chi connectivity index (χ3n) is 6.94. The molecule has 1 atom stereocenters. The largest absolute Gasteiger partial charge is 0.309 e. The van der Waals surface area contributed by atoms with Crippen molar-refractivity contribution in [2.75, 3.05) is 26.8 Å². The third kappa shape index (κ3) is 6.89. The van der Waals surface area contributed by atoms with Crippen molar-refractivity contribution in [3.8, 4) is 0 Å². The van der Waals surface area contributed by atoms with E-state index in [1.54, 1.807) is 0 Å². The van der Waals surface area contributed by atoms with Crippen LogP contribution in [-0.4, -0.2) is 36.2 Å². The highest BCUT2D eigenvalue weighted by Gasteiger charge is 2.40. The van der Waals surface area contributed by atoms with Gasteiger partial charge in [0, 0.05) is 13.0 Å². The molecule has 0 radical (unpaired) electrons. The molecule has 32 heavy (non-hydrogen) atoms. The van der Waals surface area contributed by atoms with Gasteiger partial charge in [0.1, 0.15) is 0 Å². The second kappa shape index (κ2) is 12.9. The van der Waals surface area contributed by atoms with Crippen molar-refractivity contribution in [2.45, 2.75) is 77.6 Å². The summed E-state index contributed by atoms with van der Waals surface area (Å²) in [5, 5.41) is 4.19. The standard InChI is InChI=1S/C28H41Cl2N2/c1-3-4-5-6-7-8-9-10-11-14-21-31-23-32(2,28(30)27(31)29)22-20-25-18-15-17-24-16-12-13-19-26(24)25/h12-13,15-19H,3-11,14,20-23H2,1-2H3/q+1. The Morgan fingerprint density at radius 1 is 0.812 bits per heavy atom. The number of fused-ring (bicyclic) bond motifs is 1. The molecular formula is C28H41Cl2N2+. The summed E-state index contributed by atoms with van der Waals surface area (Å²) >= 11 is 13.4. The van der Waals surface area contributed by atoms with Crippen molar-refractivity contribution >= 4 is 34.0 Å². The van der Waals surface area contributed by atoms with E-state index in [1.807, 2.05) is 0 Å². The molecule has 3 rings (SSSR count). The van der Waals surface area contributed by atoms with E-state index < -0.39 is 0 Å². The Bertz CT molecular complexity index is 873.